The molecule has 1 saturated heterocycles. The van der Waals surface area contributed by atoms with E-state index in [-0.39, 0.29) is 21.3 Å². The Morgan fingerprint density at radius 1 is 1.13 bits per heavy atom. The number of rotatable bonds is 5. The molecule has 6 nitrogen and oxygen atoms in total. The number of nitrogens with zero attached hydrogens (tertiary/aromatic N) is 2. The molecule has 3 aromatic rings. The number of benzene rings is 2. The number of anilines is 1. The Bertz CT molecular complexity index is 1190. The molecule has 1 aliphatic rings. The van der Waals surface area contributed by atoms with Gasteiger partial charge in [-0.25, -0.2) is 17.8 Å². The highest BCUT2D eigenvalue weighted by Gasteiger charge is 2.29. The fraction of sp³-hybridized carbons (Fsp3) is 0.200. The number of sulfonamides is 1. The van der Waals surface area contributed by atoms with Crippen molar-refractivity contribution in [1.29, 1.82) is 0 Å². The molecule has 0 atom stereocenters. The van der Waals surface area contributed by atoms with Crippen LogP contribution in [0.5, 0.6) is 0 Å². The van der Waals surface area contributed by atoms with Gasteiger partial charge in [0.05, 0.1) is 10.7 Å². The van der Waals surface area contributed by atoms with E-state index in [0.717, 1.165) is 18.4 Å². The number of hydrogen-bond acceptors (Lipinski definition) is 5. The van der Waals surface area contributed by atoms with E-state index < -0.39 is 15.9 Å². The Morgan fingerprint density at radius 3 is 2.53 bits per heavy atom. The summed E-state index contributed by atoms with van der Waals surface area (Å²) in [6.45, 7) is 0.890. The number of carbonyl (C=O) groups is 1. The van der Waals surface area contributed by atoms with Gasteiger partial charge in [0.2, 0.25) is 10.0 Å². The molecule has 0 spiro atoms. The zero-order valence-corrected chi connectivity index (χ0v) is 18.0. The molecule has 0 unspecified atom stereocenters. The van der Waals surface area contributed by atoms with Crippen molar-refractivity contribution in [3.8, 4) is 11.3 Å². The van der Waals surface area contributed by atoms with Crippen LogP contribution in [0.2, 0.25) is 5.02 Å². The molecule has 0 radical (unpaired) electrons. The number of aromatic nitrogens is 1. The Hall–Kier alpha value is -2.33. The van der Waals surface area contributed by atoms with Crippen LogP contribution in [-0.4, -0.2) is 36.7 Å². The first kappa shape index (κ1) is 20.9. The first-order chi connectivity index (χ1) is 14.3. The summed E-state index contributed by atoms with van der Waals surface area (Å²) in [5, 5.41) is 4.84. The summed E-state index contributed by atoms with van der Waals surface area (Å²) < 4.78 is 40.2. The highest BCUT2D eigenvalue weighted by atomic mass is 35.5. The van der Waals surface area contributed by atoms with Crippen LogP contribution in [0.25, 0.3) is 11.3 Å². The molecule has 1 amide bonds. The summed E-state index contributed by atoms with van der Waals surface area (Å²) >= 11 is 7.35. The Labute approximate surface area is 182 Å². The van der Waals surface area contributed by atoms with Gasteiger partial charge in [-0.05, 0) is 55.3 Å². The summed E-state index contributed by atoms with van der Waals surface area (Å²) in [4.78, 5) is 16.9. The number of nitrogens with one attached hydrogen (secondary N) is 1. The first-order valence-corrected chi connectivity index (χ1v) is 11.9. The maximum absolute atomic E-state index is 13.1. The summed E-state index contributed by atoms with van der Waals surface area (Å²) in [6, 6.07) is 10.0. The summed E-state index contributed by atoms with van der Waals surface area (Å²) in [6.07, 6.45) is 1.61. The van der Waals surface area contributed by atoms with Gasteiger partial charge in [-0.2, -0.15) is 4.31 Å². The maximum Gasteiger partial charge on any atom is 0.257 e. The maximum atomic E-state index is 13.1. The van der Waals surface area contributed by atoms with E-state index in [9.17, 15) is 17.6 Å². The van der Waals surface area contributed by atoms with Gasteiger partial charge in [-0.1, -0.05) is 11.6 Å². The first-order valence-electron chi connectivity index (χ1n) is 9.17. The minimum absolute atomic E-state index is 0.0753. The Balaban J connectivity index is 1.55. The van der Waals surface area contributed by atoms with Crippen LogP contribution in [0.3, 0.4) is 0 Å². The van der Waals surface area contributed by atoms with Gasteiger partial charge in [0.1, 0.15) is 10.7 Å². The number of halogens is 2. The van der Waals surface area contributed by atoms with E-state index in [1.54, 1.807) is 17.5 Å². The van der Waals surface area contributed by atoms with Crippen molar-refractivity contribution in [2.24, 2.45) is 0 Å². The van der Waals surface area contributed by atoms with Crippen LogP contribution in [-0.2, 0) is 10.0 Å². The number of amides is 1. The van der Waals surface area contributed by atoms with Crippen molar-refractivity contribution in [3.63, 3.8) is 0 Å². The van der Waals surface area contributed by atoms with Gasteiger partial charge in [-0.3, -0.25) is 10.1 Å². The smallest absolute Gasteiger partial charge is 0.257 e. The molecule has 0 aliphatic carbocycles. The van der Waals surface area contributed by atoms with E-state index in [0.29, 0.717) is 23.9 Å². The summed E-state index contributed by atoms with van der Waals surface area (Å²) in [7, 11) is -3.76. The predicted molar refractivity (Wildman–Crippen MR) is 115 cm³/mol. The van der Waals surface area contributed by atoms with Gasteiger partial charge in [0.15, 0.2) is 5.13 Å². The molecule has 2 aromatic carbocycles. The highest BCUT2D eigenvalue weighted by Crippen LogP contribution is 2.29. The van der Waals surface area contributed by atoms with Crippen LogP contribution in [0, 0.1) is 5.82 Å². The van der Waals surface area contributed by atoms with E-state index >= 15 is 0 Å². The van der Waals surface area contributed by atoms with E-state index in [1.807, 2.05) is 0 Å². The second-order valence-electron chi connectivity index (χ2n) is 6.76. The van der Waals surface area contributed by atoms with Gasteiger partial charge >= 0.3 is 0 Å². The molecule has 156 valence electrons. The average Bonchev–Trinajstić information content (AvgIpc) is 3.41. The third-order valence-corrected chi connectivity index (χ3v) is 7.88. The largest absolute Gasteiger partial charge is 0.298 e. The average molecular weight is 466 g/mol. The monoisotopic (exact) mass is 465 g/mol. The van der Waals surface area contributed by atoms with Gasteiger partial charge in [-0.15, -0.1) is 11.3 Å². The minimum Gasteiger partial charge on any atom is -0.298 e. The number of carbonyl (C=O) groups excluding carboxylic acids is 1. The van der Waals surface area contributed by atoms with Crippen molar-refractivity contribution < 1.29 is 17.6 Å². The molecule has 4 rings (SSSR count). The molecule has 0 bridgehead atoms. The molecule has 0 saturated carbocycles. The van der Waals surface area contributed by atoms with Crippen LogP contribution in [0.4, 0.5) is 9.52 Å². The lowest BCUT2D eigenvalue weighted by atomic mass is 10.2. The zero-order valence-electron chi connectivity index (χ0n) is 15.6. The van der Waals surface area contributed by atoms with Crippen LogP contribution < -0.4 is 5.32 Å². The quantitative estimate of drug-likeness (QED) is 0.595. The lowest BCUT2D eigenvalue weighted by molar-refractivity contribution is 0.102. The van der Waals surface area contributed by atoms with Crippen molar-refractivity contribution >= 4 is 44.0 Å². The standard InChI is InChI=1S/C20H17ClFN3O3S2/c21-16-8-5-14(11-18(16)30(27,28)25-9-1-2-10-25)19(26)24-20-23-17(12-29-20)13-3-6-15(22)7-4-13/h3-8,11-12H,1-2,9-10H2,(H,23,24,26). The zero-order chi connectivity index (χ0) is 21.3. The van der Waals surface area contributed by atoms with Crippen LogP contribution in [0.15, 0.2) is 52.7 Å². The van der Waals surface area contributed by atoms with Gasteiger partial charge in [0, 0.05) is 29.6 Å². The summed E-state index contributed by atoms with van der Waals surface area (Å²) in [5.41, 5.74) is 1.48. The molecule has 2 heterocycles. The minimum atomic E-state index is -3.76. The fourth-order valence-electron chi connectivity index (χ4n) is 3.16. The number of hydrogen-bond donors (Lipinski definition) is 1. The molecular formula is C20H17ClFN3O3S2. The molecule has 1 fully saturated rings. The second-order valence-corrected chi connectivity index (χ2v) is 9.93. The van der Waals surface area contributed by atoms with Crippen molar-refractivity contribution in [3.05, 3.63) is 64.2 Å². The summed E-state index contributed by atoms with van der Waals surface area (Å²) in [5.74, 6) is -0.838. The van der Waals surface area contributed by atoms with E-state index in [1.165, 1.54) is 46.0 Å². The predicted octanol–water partition coefficient (Wildman–Crippen LogP) is 4.64. The number of thiazole rings is 1. The Morgan fingerprint density at radius 2 is 1.83 bits per heavy atom. The molecule has 10 heteroatoms. The van der Waals surface area contributed by atoms with Crippen molar-refractivity contribution in [2.45, 2.75) is 17.7 Å². The molecule has 1 aromatic heterocycles. The SMILES string of the molecule is O=C(Nc1nc(-c2ccc(F)cc2)cs1)c1ccc(Cl)c(S(=O)(=O)N2CCCC2)c1. The molecule has 30 heavy (non-hydrogen) atoms. The molecular weight excluding hydrogens is 449 g/mol. The normalized spacial score (nSPS) is 14.7. The van der Waals surface area contributed by atoms with E-state index in [4.69, 9.17) is 11.6 Å². The topological polar surface area (TPSA) is 79.4 Å². The highest BCUT2D eigenvalue weighted by molar-refractivity contribution is 7.89. The third-order valence-electron chi connectivity index (χ3n) is 4.74. The van der Waals surface area contributed by atoms with Gasteiger partial charge < -0.3 is 0 Å². The van der Waals surface area contributed by atoms with E-state index in [2.05, 4.69) is 10.3 Å². The van der Waals surface area contributed by atoms with Crippen LogP contribution in [0.1, 0.15) is 23.2 Å². The Kier molecular flexibility index (Phi) is 5.88. The fourth-order valence-corrected chi connectivity index (χ4v) is 5.90. The van der Waals surface area contributed by atoms with Crippen LogP contribution >= 0.6 is 22.9 Å². The van der Waals surface area contributed by atoms with Crippen molar-refractivity contribution in [1.82, 2.24) is 9.29 Å². The molecule has 1 N–H and O–H groups in total. The lowest BCUT2D eigenvalue weighted by Crippen LogP contribution is -2.28. The van der Waals surface area contributed by atoms with Gasteiger partial charge in [0.25, 0.3) is 5.91 Å². The molecule has 1 aliphatic heterocycles. The lowest BCUT2D eigenvalue weighted by Gasteiger charge is -2.17. The van der Waals surface area contributed by atoms with Crippen molar-refractivity contribution in [2.75, 3.05) is 18.4 Å². The second kappa shape index (κ2) is 8.43. The third kappa shape index (κ3) is 4.24.